The molecule has 0 fully saturated rings. The second kappa shape index (κ2) is 6.43. The van der Waals surface area contributed by atoms with E-state index in [0.29, 0.717) is 6.61 Å². The third-order valence-corrected chi connectivity index (χ3v) is 2.19. The molecule has 1 aromatic carbocycles. The Morgan fingerprint density at radius 1 is 1.50 bits per heavy atom. The topological polar surface area (TPSA) is 47.6 Å². The molecule has 0 amide bonds. The van der Waals surface area contributed by atoms with E-state index in [1.807, 2.05) is 24.3 Å². The minimum atomic E-state index is 0.717. The summed E-state index contributed by atoms with van der Waals surface area (Å²) in [5.41, 5.74) is 0.948. The molecule has 0 saturated carbocycles. The van der Waals surface area contributed by atoms with Gasteiger partial charge in [-0.2, -0.15) is 5.10 Å². The van der Waals surface area contributed by atoms with Crippen molar-refractivity contribution in [3.63, 3.8) is 0 Å². The molecule has 4 heteroatoms. The van der Waals surface area contributed by atoms with Gasteiger partial charge in [-0.15, -0.1) is 0 Å². The molecule has 1 rings (SSSR count). The highest BCUT2D eigenvalue weighted by Gasteiger charge is 1.94. The van der Waals surface area contributed by atoms with Gasteiger partial charge in [0.1, 0.15) is 5.75 Å². The van der Waals surface area contributed by atoms with E-state index in [9.17, 15) is 0 Å². The zero-order valence-corrected chi connectivity index (χ0v) is 9.40. The van der Waals surface area contributed by atoms with Gasteiger partial charge in [-0.05, 0) is 24.1 Å². The molecule has 0 aliphatic heterocycles. The predicted molar refractivity (Wildman–Crippen MR) is 62.1 cm³/mol. The van der Waals surface area contributed by atoms with Crippen molar-refractivity contribution in [3.8, 4) is 5.75 Å². The average molecular weight is 257 g/mol. The van der Waals surface area contributed by atoms with E-state index in [2.05, 4.69) is 21.0 Å². The maximum absolute atomic E-state index is 5.50. The number of hydrogen-bond acceptors (Lipinski definition) is 3. The molecule has 1 aromatic rings. The molecule has 2 N–H and O–H groups in total. The summed E-state index contributed by atoms with van der Waals surface area (Å²) in [6.07, 6.45) is 2.59. The second-order valence-electron chi connectivity index (χ2n) is 2.74. The van der Waals surface area contributed by atoms with Gasteiger partial charge in [-0.1, -0.05) is 28.1 Å². The highest BCUT2D eigenvalue weighted by molar-refractivity contribution is 9.09. The van der Waals surface area contributed by atoms with Crippen LogP contribution in [0.1, 0.15) is 12.0 Å². The average Bonchev–Trinajstić information content (AvgIpc) is 2.19. The summed E-state index contributed by atoms with van der Waals surface area (Å²) < 4.78 is 5.50. The molecule has 14 heavy (non-hydrogen) atoms. The van der Waals surface area contributed by atoms with E-state index >= 15 is 0 Å². The second-order valence-corrected chi connectivity index (χ2v) is 3.53. The number of alkyl halides is 1. The fourth-order valence-electron chi connectivity index (χ4n) is 1.02. The van der Waals surface area contributed by atoms with E-state index in [0.717, 1.165) is 23.1 Å². The molecule has 0 heterocycles. The van der Waals surface area contributed by atoms with Crippen LogP contribution in [0.5, 0.6) is 5.75 Å². The quantitative estimate of drug-likeness (QED) is 0.289. The van der Waals surface area contributed by atoms with Crippen LogP contribution in [0.3, 0.4) is 0 Å². The Kier molecular flexibility index (Phi) is 5.07. The van der Waals surface area contributed by atoms with Crippen LogP contribution >= 0.6 is 15.9 Å². The van der Waals surface area contributed by atoms with Crippen LogP contribution in [0.25, 0.3) is 0 Å². The minimum absolute atomic E-state index is 0.717. The summed E-state index contributed by atoms with van der Waals surface area (Å²) >= 11 is 3.34. The van der Waals surface area contributed by atoms with Crippen molar-refractivity contribution < 1.29 is 4.74 Å². The number of benzene rings is 1. The SMILES string of the molecule is NN=Cc1cccc(OCCCBr)c1. The summed E-state index contributed by atoms with van der Waals surface area (Å²) in [6.45, 7) is 0.717. The number of ether oxygens (including phenoxy) is 1. The summed E-state index contributed by atoms with van der Waals surface area (Å²) in [6, 6.07) is 7.67. The highest BCUT2D eigenvalue weighted by atomic mass is 79.9. The number of nitrogens with two attached hydrogens (primary N) is 1. The minimum Gasteiger partial charge on any atom is -0.494 e. The van der Waals surface area contributed by atoms with Crippen molar-refractivity contribution in [1.82, 2.24) is 0 Å². The molecular weight excluding hydrogens is 244 g/mol. The molecule has 0 spiro atoms. The molecule has 0 aliphatic carbocycles. The van der Waals surface area contributed by atoms with Crippen LogP contribution in [-0.2, 0) is 0 Å². The maximum Gasteiger partial charge on any atom is 0.119 e. The van der Waals surface area contributed by atoms with E-state index < -0.39 is 0 Å². The summed E-state index contributed by atoms with van der Waals surface area (Å²) in [5, 5.41) is 4.41. The molecule has 0 aromatic heterocycles. The van der Waals surface area contributed by atoms with Crippen LogP contribution in [-0.4, -0.2) is 18.2 Å². The van der Waals surface area contributed by atoms with Gasteiger partial charge in [-0.3, -0.25) is 0 Å². The van der Waals surface area contributed by atoms with E-state index in [-0.39, 0.29) is 0 Å². The Morgan fingerprint density at radius 2 is 2.36 bits per heavy atom. The maximum atomic E-state index is 5.50. The third-order valence-electron chi connectivity index (χ3n) is 1.63. The summed E-state index contributed by atoms with van der Waals surface area (Å²) in [5.74, 6) is 5.91. The number of hydrogen-bond donors (Lipinski definition) is 1. The Balaban J connectivity index is 2.54. The zero-order chi connectivity index (χ0) is 10.2. The standard InChI is InChI=1S/C10H13BrN2O/c11-5-2-6-14-10-4-1-3-9(7-10)8-13-12/h1,3-4,7-8H,2,5-6,12H2. The fraction of sp³-hybridized carbons (Fsp3) is 0.300. The fourth-order valence-corrected chi connectivity index (χ4v) is 1.24. The lowest BCUT2D eigenvalue weighted by Crippen LogP contribution is -1.98. The van der Waals surface area contributed by atoms with Gasteiger partial charge in [0.25, 0.3) is 0 Å². The first-order chi connectivity index (χ1) is 6.86. The summed E-state index contributed by atoms with van der Waals surface area (Å²) in [4.78, 5) is 0. The molecule has 3 nitrogen and oxygen atoms in total. The van der Waals surface area contributed by atoms with Crippen molar-refractivity contribution in [2.24, 2.45) is 10.9 Å². The molecule has 0 radical (unpaired) electrons. The predicted octanol–water partition coefficient (Wildman–Crippen LogP) is 2.14. The molecule has 76 valence electrons. The lowest BCUT2D eigenvalue weighted by Gasteiger charge is -2.04. The van der Waals surface area contributed by atoms with Crippen LogP contribution in [0.2, 0.25) is 0 Å². The van der Waals surface area contributed by atoms with Gasteiger partial charge in [0.15, 0.2) is 0 Å². The van der Waals surface area contributed by atoms with Gasteiger partial charge in [0, 0.05) is 5.33 Å². The molecule has 0 saturated heterocycles. The smallest absolute Gasteiger partial charge is 0.119 e. The van der Waals surface area contributed by atoms with E-state index in [1.165, 1.54) is 0 Å². The lowest BCUT2D eigenvalue weighted by atomic mass is 10.2. The van der Waals surface area contributed by atoms with Gasteiger partial charge in [0.2, 0.25) is 0 Å². The largest absolute Gasteiger partial charge is 0.494 e. The van der Waals surface area contributed by atoms with Crippen LogP contribution in [0.15, 0.2) is 29.4 Å². The van der Waals surface area contributed by atoms with Crippen molar-refractivity contribution >= 4 is 22.1 Å². The first kappa shape index (κ1) is 11.0. The van der Waals surface area contributed by atoms with Gasteiger partial charge < -0.3 is 10.6 Å². The van der Waals surface area contributed by atoms with Crippen LogP contribution in [0.4, 0.5) is 0 Å². The van der Waals surface area contributed by atoms with Gasteiger partial charge in [0.05, 0.1) is 12.8 Å². The van der Waals surface area contributed by atoms with Crippen molar-refractivity contribution in [3.05, 3.63) is 29.8 Å². The van der Waals surface area contributed by atoms with Crippen LogP contribution in [0, 0.1) is 0 Å². The first-order valence-electron chi connectivity index (χ1n) is 4.39. The van der Waals surface area contributed by atoms with Crippen LogP contribution < -0.4 is 10.6 Å². The van der Waals surface area contributed by atoms with E-state index in [4.69, 9.17) is 10.6 Å². The Morgan fingerprint density at radius 3 is 3.07 bits per heavy atom. The van der Waals surface area contributed by atoms with Crippen molar-refractivity contribution in [2.75, 3.05) is 11.9 Å². The first-order valence-corrected chi connectivity index (χ1v) is 5.51. The Labute approximate surface area is 92.1 Å². The van der Waals surface area contributed by atoms with E-state index in [1.54, 1.807) is 6.21 Å². The number of hydrazone groups is 1. The molecule has 0 atom stereocenters. The monoisotopic (exact) mass is 256 g/mol. The Hall–Kier alpha value is -1.03. The molecule has 0 bridgehead atoms. The number of halogens is 1. The molecule has 0 unspecified atom stereocenters. The van der Waals surface area contributed by atoms with Gasteiger partial charge in [-0.25, -0.2) is 0 Å². The number of rotatable bonds is 5. The molecule has 0 aliphatic rings. The lowest BCUT2D eigenvalue weighted by molar-refractivity contribution is 0.319. The number of nitrogens with zero attached hydrogens (tertiary/aromatic N) is 1. The summed E-state index contributed by atoms with van der Waals surface area (Å²) in [7, 11) is 0. The Bertz CT molecular complexity index is 302. The highest BCUT2D eigenvalue weighted by Crippen LogP contribution is 2.12. The third kappa shape index (κ3) is 3.79. The zero-order valence-electron chi connectivity index (χ0n) is 7.82. The van der Waals surface area contributed by atoms with Crippen molar-refractivity contribution in [2.45, 2.75) is 6.42 Å². The molecular formula is C10H13BrN2O. The van der Waals surface area contributed by atoms with Crippen molar-refractivity contribution in [1.29, 1.82) is 0 Å². The normalized spacial score (nSPS) is 10.6. The van der Waals surface area contributed by atoms with Gasteiger partial charge >= 0.3 is 0 Å².